The lowest BCUT2D eigenvalue weighted by molar-refractivity contribution is 0.307. The Hall–Kier alpha value is -2.62. The Morgan fingerprint density at radius 1 is 1.31 bits per heavy atom. The maximum absolute atomic E-state index is 12.2. The standard InChI is InChI=1S/C22H22ClN5O2S2/c1-3-8-27-19(5-4-10-30-18-7-6-16(23)12-15(18)2)25-26-22(27)32-14-17-13-20(29)28-9-11-31-21(28)24-17/h3,6-7,9,11-13H,1,4-5,8,10,14H2,2H3. The Balaban J connectivity index is 1.38. The number of aryl methyl sites for hydroxylation is 2. The van der Waals surface area contributed by atoms with Gasteiger partial charge in [-0.15, -0.1) is 28.1 Å². The zero-order valence-electron chi connectivity index (χ0n) is 17.5. The third-order valence-corrected chi connectivity index (χ3v) is 6.74. The quantitative estimate of drug-likeness (QED) is 0.182. The van der Waals surface area contributed by atoms with Gasteiger partial charge >= 0.3 is 0 Å². The van der Waals surface area contributed by atoms with E-state index >= 15 is 0 Å². The highest BCUT2D eigenvalue weighted by molar-refractivity contribution is 7.98. The first-order valence-corrected chi connectivity index (χ1v) is 12.3. The molecule has 0 aliphatic rings. The van der Waals surface area contributed by atoms with Gasteiger partial charge in [-0.05, 0) is 37.1 Å². The molecule has 0 radical (unpaired) electrons. The van der Waals surface area contributed by atoms with Crippen LogP contribution in [0.2, 0.25) is 5.02 Å². The molecule has 4 rings (SSSR count). The summed E-state index contributed by atoms with van der Waals surface area (Å²) in [6.07, 6.45) is 5.09. The van der Waals surface area contributed by atoms with Gasteiger partial charge in [-0.2, -0.15) is 0 Å². The number of fused-ring (bicyclic) bond motifs is 1. The van der Waals surface area contributed by atoms with Gasteiger partial charge in [0.2, 0.25) is 0 Å². The topological polar surface area (TPSA) is 74.3 Å². The van der Waals surface area contributed by atoms with Crippen LogP contribution in [0.1, 0.15) is 23.5 Å². The summed E-state index contributed by atoms with van der Waals surface area (Å²) < 4.78 is 9.47. The molecule has 0 amide bonds. The first-order chi connectivity index (χ1) is 15.5. The highest BCUT2D eigenvalue weighted by atomic mass is 35.5. The van der Waals surface area contributed by atoms with E-state index in [-0.39, 0.29) is 5.56 Å². The number of hydrogen-bond acceptors (Lipinski definition) is 7. The molecule has 1 aromatic carbocycles. The van der Waals surface area contributed by atoms with Crippen molar-refractivity contribution in [2.75, 3.05) is 6.61 Å². The first-order valence-electron chi connectivity index (χ1n) is 10.1. The van der Waals surface area contributed by atoms with Crippen molar-refractivity contribution in [1.29, 1.82) is 0 Å². The number of hydrogen-bond donors (Lipinski definition) is 0. The average Bonchev–Trinajstić information content (AvgIpc) is 3.39. The van der Waals surface area contributed by atoms with Gasteiger partial charge in [-0.25, -0.2) is 4.98 Å². The molecule has 7 nitrogen and oxygen atoms in total. The fourth-order valence-corrected chi connectivity index (χ4v) is 5.04. The smallest absolute Gasteiger partial charge is 0.258 e. The summed E-state index contributed by atoms with van der Waals surface area (Å²) in [6.45, 7) is 7.01. The van der Waals surface area contributed by atoms with Crippen molar-refractivity contribution in [2.24, 2.45) is 0 Å². The number of benzene rings is 1. The van der Waals surface area contributed by atoms with Crippen molar-refractivity contribution in [3.8, 4) is 5.75 Å². The summed E-state index contributed by atoms with van der Waals surface area (Å²) >= 11 is 8.95. The van der Waals surface area contributed by atoms with Crippen LogP contribution in [0.3, 0.4) is 0 Å². The van der Waals surface area contributed by atoms with Crippen LogP contribution in [-0.2, 0) is 18.7 Å². The van der Waals surface area contributed by atoms with Crippen LogP contribution >= 0.6 is 34.7 Å². The minimum Gasteiger partial charge on any atom is -0.493 e. The van der Waals surface area contributed by atoms with Gasteiger partial charge in [-0.3, -0.25) is 9.20 Å². The van der Waals surface area contributed by atoms with Crippen LogP contribution in [0, 0.1) is 6.92 Å². The van der Waals surface area contributed by atoms with E-state index in [0.29, 0.717) is 28.9 Å². The number of ether oxygens (including phenoxy) is 1. The Bertz CT molecular complexity index is 1300. The van der Waals surface area contributed by atoms with Crippen molar-refractivity contribution < 1.29 is 4.74 Å². The Labute approximate surface area is 198 Å². The summed E-state index contributed by atoms with van der Waals surface area (Å²) in [6, 6.07) is 7.17. The molecule has 0 saturated heterocycles. The maximum Gasteiger partial charge on any atom is 0.258 e. The van der Waals surface area contributed by atoms with Gasteiger partial charge in [0.1, 0.15) is 11.6 Å². The average molecular weight is 488 g/mol. The Kier molecular flexibility index (Phi) is 7.29. The molecule has 0 atom stereocenters. The molecule has 3 aromatic heterocycles. The predicted octanol–water partition coefficient (Wildman–Crippen LogP) is 4.80. The summed E-state index contributed by atoms with van der Waals surface area (Å²) in [5.41, 5.74) is 1.67. The highest BCUT2D eigenvalue weighted by Gasteiger charge is 2.13. The first kappa shape index (κ1) is 22.6. The predicted molar refractivity (Wildman–Crippen MR) is 129 cm³/mol. The number of thioether (sulfide) groups is 1. The maximum atomic E-state index is 12.2. The van der Waals surface area contributed by atoms with Crippen LogP contribution in [0.4, 0.5) is 0 Å². The van der Waals surface area contributed by atoms with E-state index in [0.717, 1.165) is 40.8 Å². The van der Waals surface area contributed by atoms with E-state index in [1.54, 1.807) is 16.7 Å². The third kappa shape index (κ3) is 5.23. The largest absolute Gasteiger partial charge is 0.493 e. The fraction of sp³-hybridized carbons (Fsp3) is 0.273. The molecule has 0 N–H and O–H groups in total. The molecule has 3 heterocycles. The van der Waals surface area contributed by atoms with Crippen molar-refractivity contribution in [2.45, 2.75) is 37.2 Å². The minimum absolute atomic E-state index is 0.0731. The highest BCUT2D eigenvalue weighted by Crippen LogP contribution is 2.23. The number of nitrogens with zero attached hydrogens (tertiary/aromatic N) is 5. The second-order valence-corrected chi connectivity index (χ2v) is 9.34. The monoisotopic (exact) mass is 487 g/mol. The number of halogens is 1. The molecular formula is C22H22ClN5O2S2. The van der Waals surface area contributed by atoms with Gasteiger partial charge in [-0.1, -0.05) is 29.4 Å². The van der Waals surface area contributed by atoms with Crippen LogP contribution in [0.15, 0.2) is 58.4 Å². The third-order valence-electron chi connectivity index (χ3n) is 4.75. The second-order valence-electron chi connectivity index (χ2n) is 7.09. The van der Waals surface area contributed by atoms with E-state index in [1.165, 1.54) is 23.1 Å². The summed E-state index contributed by atoms with van der Waals surface area (Å²) in [5.74, 6) is 2.26. The van der Waals surface area contributed by atoms with Gasteiger partial charge in [0, 0.05) is 41.4 Å². The number of aromatic nitrogens is 5. The molecule has 10 heteroatoms. The van der Waals surface area contributed by atoms with Gasteiger partial charge in [0.05, 0.1) is 12.3 Å². The molecule has 32 heavy (non-hydrogen) atoms. The zero-order chi connectivity index (χ0) is 22.5. The Morgan fingerprint density at radius 2 is 2.19 bits per heavy atom. The van der Waals surface area contributed by atoms with Gasteiger partial charge in [0.25, 0.3) is 5.56 Å². The molecule has 0 aliphatic carbocycles. The SMILES string of the molecule is C=CCn1c(CCCOc2ccc(Cl)cc2C)nnc1SCc1cc(=O)n2ccsc2n1. The summed E-state index contributed by atoms with van der Waals surface area (Å²) in [5, 5.41) is 12.1. The van der Waals surface area contributed by atoms with Crippen LogP contribution in [-0.4, -0.2) is 30.8 Å². The molecule has 0 spiro atoms. The van der Waals surface area contributed by atoms with Crippen LogP contribution in [0.5, 0.6) is 5.75 Å². The van der Waals surface area contributed by atoms with Crippen LogP contribution in [0.25, 0.3) is 4.96 Å². The molecular weight excluding hydrogens is 466 g/mol. The van der Waals surface area contributed by atoms with E-state index in [2.05, 4.69) is 21.8 Å². The van der Waals surface area contributed by atoms with Crippen LogP contribution < -0.4 is 10.3 Å². The summed E-state index contributed by atoms with van der Waals surface area (Å²) in [4.78, 5) is 17.4. The molecule has 0 bridgehead atoms. The van der Waals surface area contributed by atoms with Crippen molar-refractivity contribution in [3.05, 3.63) is 81.0 Å². The van der Waals surface area contributed by atoms with E-state index < -0.39 is 0 Å². The lowest BCUT2D eigenvalue weighted by atomic mass is 10.2. The lowest BCUT2D eigenvalue weighted by Gasteiger charge is -2.10. The Morgan fingerprint density at radius 3 is 3.00 bits per heavy atom. The second kappa shape index (κ2) is 10.3. The van der Waals surface area contributed by atoms with Crippen molar-refractivity contribution >= 4 is 39.7 Å². The molecule has 4 aromatic rings. The molecule has 0 fully saturated rings. The fourth-order valence-electron chi connectivity index (χ4n) is 3.21. The lowest BCUT2D eigenvalue weighted by Crippen LogP contribution is -2.12. The zero-order valence-corrected chi connectivity index (χ0v) is 19.9. The molecule has 0 saturated carbocycles. The number of thiazole rings is 1. The summed E-state index contributed by atoms with van der Waals surface area (Å²) in [7, 11) is 0. The molecule has 166 valence electrons. The van der Waals surface area contributed by atoms with Crippen molar-refractivity contribution in [1.82, 2.24) is 24.1 Å². The van der Waals surface area contributed by atoms with E-state index in [4.69, 9.17) is 16.3 Å². The van der Waals surface area contributed by atoms with E-state index in [9.17, 15) is 4.79 Å². The molecule has 0 aliphatic heterocycles. The van der Waals surface area contributed by atoms with Gasteiger partial charge < -0.3 is 9.30 Å². The normalized spacial score (nSPS) is 11.2. The number of rotatable bonds is 10. The van der Waals surface area contributed by atoms with E-state index in [1.807, 2.05) is 41.1 Å². The molecule has 0 unspecified atom stereocenters. The van der Waals surface area contributed by atoms with Crippen molar-refractivity contribution in [3.63, 3.8) is 0 Å². The number of allylic oxidation sites excluding steroid dienone is 1. The minimum atomic E-state index is -0.0731. The van der Waals surface area contributed by atoms with Gasteiger partial charge in [0.15, 0.2) is 10.1 Å².